The van der Waals surface area contributed by atoms with E-state index in [2.05, 4.69) is 44.0 Å². The van der Waals surface area contributed by atoms with Crippen LogP contribution in [0.3, 0.4) is 0 Å². The summed E-state index contributed by atoms with van der Waals surface area (Å²) < 4.78 is 106. The summed E-state index contributed by atoms with van der Waals surface area (Å²) in [7, 11) is -4.17. The average Bonchev–Trinajstić information content (AvgIpc) is 3.87. The van der Waals surface area contributed by atoms with Gasteiger partial charge >= 0.3 is 11.9 Å². The Bertz CT molecular complexity index is 2460. The van der Waals surface area contributed by atoms with Crippen LogP contribution in [0.5, 0.6) is 0 Å². The van der Waals surface area contributed by atoms with Crippen LogP contribution >= 0.6 is 0 Å². The van der Waals surface area contributed by atoms with Crippen LogP contribution in [0.25, 0.3) is 0 Å². The van der Waals surface area contributed by atoms with Gasteiger partial charge in [0.1, 0.15) is 91.1 Å². The molecule has 5 aliphatic heterocycles. The Balaban J connectivity index is 0.918. The second-order valence-corrected chi connectivity index (χ2v) is 26.6. The first kappa shape index (κ1) is 63.1. The highest BCUT2D eigenvalue weighted by Crippen LogP contribution is 2.77. The van der Waals surface area contributed by atoms with E-state index < -0.39 is 174 Å². The molecule has 0 amide bonds. The number of fused-ring (bicyclic) bond motifs is 4. The van der Waals surface area contributed by atoms with Gasteiger partial charge in [-0.05, 0) is 102 Å². The second-order valence-electron chi connectivity index (χ2n) is 25.6. The molecule has 9 rings (SSSR count). The molecule has 9 aliphatic rings. The molecule has 0 aromatic rings. The Morgan fingerprint density at radius 2 is 1.43 bits per heavy atom. The number of hydrogen-bond donors (Lipinski definition) is 8. The van der Waals surface area contributed by atoms with E-state index in [0.717, 1.165) is 5.57 Å². The molecule has 5 heterocycles. The van der Waals surface area contributed by atoms with Gasteiger partial charge in [0.2, 0.25) is 10.4 Å². The Hall–Kier alpha value is -2.39. The predicted molar refractivity (Wildman–Crippen MR) is 274 cm³/mol. The van der Waals surface area contributed by atoms with E-state index in [-0.39, 0.29) is 35.7 Å². The molecular weight excluding hydrogens is 1090 g/mol. The monoisotopic (exact) mass is 1180 g/mol. The number of rotatable bonds is 16. The lowest BCUT2D eigenvalue weighted by Gasteiger charge is -2.64. The fourth-order valence-electron chi connectivity index (χ4n) is 16.3. The summed E-state index contributed by atoms with van der Waals surface area (Å²) in [6.07, 6.45) is -21.7. The molecule has 0 radical (unpaired) electrons. The lowest BCUT2D eigenvalue weighted by molar-refractivity contribution is -0.386. The molecule has 0 bridgehead atoms. The summed E-state index contributed by atoms with van der Waals surface area (Å²) in [6, 6.07) is 0. The molecule has 462 valence electrons. The van der Waals surface area contributed by atoms with Gasteiger partial charge in [-0.25, -0.2) is 8.42 Å². The number of cyclic esters (lactones) is 1. The molecule has 26 heteroatoms. The van der Waals surface area contributed by atoms with Crippen molar-refractivity contribution in [1.29, 1.82) is 0 Å². The van der Waals surface area contributed by atoms with Crippen molar-refractivity contribution < 1.29 is 120 Å². The standard InChI is InChI=1S/C55H86O25S/c1-24(2)12-11-17-54(9)45-30(73-26(4)57)20-53(8)28-13-14-33-51(5,6)34(16-18-52(33,7)27(28)15-19-55(45,53)50(65)79-54)75-49-44(36(60)32(23-71-49)80-81(66,67)68)78-47-38(62)37(61)41(25(3)72-47)76-48-40(64)43(35(59)31(21-56)74-48)77-46-39(63)42(69-10)29(58)22-70-46/h12-13,25,27,29-49,56,58-64H,11,14-23H2,1-10H3,(H,66,67,68)/p-1. The first-order valence-electron chi connectivity index (χ1n) is 28.3. The van der Waals surface area contributed by atoms with Crippen molar-refractivity contribution in [3.05, 3.63) is 23.3 Å². The zero-order valence-electron chi connectivity index (χ0n) is 47.6. The van der Waals surface area contributed by atoms with Gasteiger partial charge in [0, 0.05) is 19.4 Å². The van der Waals surface area contributed by atoms with Crippen LogP contribution in [0.2, 0.25) is 0 Å². The maximum atomic E-state index is 14.7. The normalized spacial score (nSPS) is 49.5. The first-order valence-corrected chi connectivity index (χ1v) is 29.7. The SMILES string of the molecule is COC1C(O)COC(OC2C(O)C(CO)OC(OC3C(C)OC(OC4C(OC5CCC6(C)C7CCC89C(=O)OC(C)(CCC=C(C)C)C8C(OC(C)=O)CC9(C)C7=CCC6C5(C)C)OCC(OS(=O)(=O)[O-])C4O)C(O)C3O)C2O)C1O. The van der Waals surface area contributed by atoms with Gasteiger partial charge in [0.05, 0.1) is 43.4 Å². The third-order valence-electron chi connectivity index (χ3n) is 20.2. The van der Waals surface area contributed by atoms with Crippen LogP contribution in [0, 0.1) is 39.4 Å². The Labute approximate surface area is 472 Å². The number of allylic oxidation sites excluding steroid dienone is 4. The molecule has 27 unspecified atom stereocenters. The molecule has 8 N–H and O–H groups in total. The Kier molecular flexibility index (Phi) is 18.2. The molecule has 1 spiro atoms. The third kappa shape index (κ3) is 11.1. The van der Waals surface area contributed by atoms with Crippen LogP contribution in [0.15, 0.2) is 23.3 Å². The molecule has 0 aromatic carbocycles. The summed E-state index contributed by atoms with van der Waals surface area (Å²) in [5.41, 5.74) is -1.08. The van der Waals surface area contributed by atoms with E-state index >= 15 is 0 Å². The van der Waals surface area contributed by atoms with Gasteiger partial charge in [-0.3, -0.25) is 13.8 Å². The van der Waals surface area contributed by atoms with E-state index in [1.807, 2.05) is 20.8 Å². The van der Waals surface area contributed by atoms with Crippen LogP contribution < -0.4 is 0 Å². The maximum Gasteiger partial charge on any atom is 0.314 e. The number of aliphatic hydroxyl groups excluding tert-OH is 8. The first-order chi connectivity index (χ1) is 37.9. The van der Waals surface area contributed by atoms with E-state index in [4.69, 9.17) is 52.1 Å². The van der Waals surface area contributed by atoms with E-state index in [0.29, 0.717) is 51.4 Å². The van der Waals surface area contributed by atoms with Gasteiger partial charge in [-0.2, -0.15) is 0 Å². The highest BCUT2D eigenvalue weighted by Gasteiger charge is 2.79. The second kappa shape index (κ2) is 23.4. The van der Waals surface area contributed by atoms with Crippen molar-refractivity contribution in [2.45, 2.75) is 242 Å². The highest BCUT2D eigenvalue weighted by atomic mass is 32.3. The number of carbonyl (C=O) groups excluding carboxylic acids is 2. The molecule has 25 nitrogen and oxygen atoms in total. The van der Waals surface area contributed by atoms with E-state index in [9.17, 15) is 63.4 Å². The number of carbonyl (C=O) groups is 2. The largest absolute Gasteiger partial charge is 0.726 e. The number of aliphatic hydroxyl groups is 8. The lowest BCUT2D eigenvalue weighted by Crippen LogP contribution is -2.66. The number of ether oxygens (including phenoxy) is 11. The minimum atomic E-state index is -5.42. The van der Waals surface area contributed by atoms with Crippen molar-refractivity contribution in [2.75, 3.05) is 26.9 Å². The molecular formula is C55H85O25S-. The fraction of sp³-hybridized carbons (Fsp3) is 0.891. The molecule has 5 saturated heterocycles. The summed E-state index contributed by atoms with van der Waals surface area (Å²) in [5.74, 6) is -1.00. The molecule has 81 heavy (non-hydrogen) atoms. The van der Waals surface area contributed by atoms with Crippen molar-refractivity contribution in [3.8, 4) is 0 Å². The van der Waals surface area contributed by atoms with E-state index in [1.54, 1.807) is 0 Å². The van der Waals surface area contributed by atoms with Gasteiger partial charge in [0.15, 0.2) is 25.2 Å². The van der Waals surface area contributed by atoms with Crippen molar-refractivity contribution in [1.82, 2.24) is 0 Å². The summed E-state index contributed by atoms with van der Waals surface area (Å²) in [4.78, 5) is 27.4. The molecule has 27 atom stereocenters. The van der Waals surface area contributed by atoms with Crippen LogP contribution in [-0.4, -0.2) is 221 Å². The summed E-state index contributed by atoms with van der Waals surface area (Å²) in [5, 5.41) is 88.7. The quantitative estimate of drug-likeness (QED) is 0.0445. The molecule has 0 aromatic heterocycles. The minimum absolute atomic E-state index is 0.0267. The predicted octanol–water partition coefficient (Wildman–Crippen LogP) is 0.277. The highest BCUT2D eigenvalue weighted by molar-refractivity contribution is 7.80. The molecule has 4 aliphatic carbocycles. The Morgan fingerprint density at radius 3 is 2.09 bits per heavy atom. The Morgan fingerprint density at radius 1 is 0.778 bits per heavy atom. The van der Waals surface area contributed by atoms with Gasteiger partial charge in [0.25, 0.3) is 0 Å². The number of hydrogen-bond acceptors (Lipinski definition) is 25. The fourth-order valence-corrected chi connectivity index (χ4v) is 16.8. The molecule has 3 saturated carbocycles. The number of methoxy groups -OCH3 is 1. The minimum Gasteiger partial charge on any atom is -0.726 e. The smallest absolute Gasteiger partial charge is 0.314 e. The van der Waals surface area contributed by atoms with Gasteiger partial charge < -0.3 is 97.5 Å². The zero-order valence-corrected chi connectivity index (χ0v) is 48.5. The lowest BCUT2D eigenvalue weighted by atomic mass is 9.41. The third-order valence-corrected chi connectivity index (χ3v) is 20.6. The van der Waals surface area contributed by atoms with Crippen LogP contribution in [0.4, 0.5) is 0 Å². The van der Waals surface area contributed by atoms with Crippen LogP contribution in [0.1, 0.15) is 114 Å². The van der Waals surface area contributed by atoms with Crippen molar-refractivity contribution in [3.63, 3.8) is 0 Å². The van der Waals surface area contributed by atoms with Crippen molar-refractivity contribution >= 4 is 22.3 Å². The van der Waals surface area contributed by atoms with E-state index in [1.165, 1.54) is 26.5 Å². The topological polar surface area (TPSA) is 364 Å². The van der Waals surface area contributed by atoms with Crippen LogP contribution in [-0.2, 0) is 76.3 Å². The summed E-state index contributed by atoms with van der Waals surface area (Å²) >= 11 is 0. The van der Waals surface area contributed by atoms with Gasteiger partial charge in [-0.1, -0.05) is 51.0 Å². The maximum absolute atomic E-state index is 14.7. The zero-order chi connectivity index (χ0) is 59.3. The number of esters is 2. The van der Waals surface area contributed by atoms with Crippen molar-refractivity contribution in [2.24, 2.45) is 39.4 Å². The average molecular weight is 1180 g/mol. The molecule has 8 fully saturated rings. The summed E-state index contributed by atoms with van der Waals surface area (Å²) in [6.45, 7) is 15.7. The van der Waals surface area contributed by atoms with Gasteiger partial charge in [-0.15, -0.1) is 0 Å².